The van der Waals surface area contributed by atoms with Crippen molar-refractivity contribution in [2.75, 3.05) is 26.2 Å². The number of amides is 1. The Hall–Kier alpha value is -2.27. The summed E-state index contributed by atoms with van der Waals surface area (Å²) in [7, 11) is 0. The predicted molar refractivity (Wildman–Crippen MR) is 108 cm³/mol. The highest BCUT2D eigenvalue weighted by atomic mass is 19.1. The van der Waals surface area contributed by atoms with Crippen molar-refractivity contribution in [3.05, 3.63) is 65.7 Å². The predicted octanol–water partition coefficient (Wildman–Crippen LogP) is 3.78. The van der Waals surface area contributed by atoms with Crippen LogP contribution in [-0.4, -0.2) is 52.9 Å². The van der Waals surface area contributed by atoms with Crippen LogP contribution in [0.3, 0.4) is 0 Å². The van der Waals surface area contributed by atoms with E-state index < -0.39 is 0 Å². The summed E-state index contributed by atoms with van der Waals surface area (Å²) in [5, 5.41) is 0. The van der Waals surface area contributed by atoms with Gasteiger partial charge in [-0.15, -0.1) is 0 Å². The lowest BCUT2D eigenvalue weighted by atomic mass is 10.0. The monoisotopic (exact) mass is 381 g/mol. The molecule has 0 radical (unpaired) electrons. The summed E-state index contributed by atoms with van der Waals surface area (Å²) < 4.78 is 13.2. The average Bonchev–Trinajstić information content (AvgIpc) is 3.17. The fraction of sp³-hybridized carbons (Fsp3) is 0.478. The number of hydrogen-bond donors (Lipinski definition) is 0. The highest BCUT2D eigenvalue weighted by Crippen LogP contribution is 2.26. The van der Waals surface area contributed by atoms with E-state index in [0.717, 1.165) is 38.3 Å². The van der Waals surface area contributed by atoms with E-state index in [1.807, 2.05) is 23.2 Å². The highest BCUT2D eigenvalue weighted by Gasteiger charge is 2.31. The van der Waals surface area contributed by atoms with E-state index in [1.54, 1.807) is 12.1 Å². The molecule has 2 aliphatic rings. The van der Waals surface area contributed by atoms with Crippen molar-refractivity contribution in [3.63, 3.8) is 0 Å². The number of pyridine rings is 1. The molecular formula is C23H28FN3O. The zero-order valence-electron chi connectivity index (χ0n) is 16.3. The number of nitrogens with zero attached hydrogens (tertiary/aromatic N) is 3. The fourth-order valence-electron chi connectivity index (χ4n) is 4.64. The van der Waals surface area contributed by atoms with Crippen molar-refractivity contribution in [3.8, 4) is 0 Å². The molecule has 1 atom stereocenters. The molecule has 2 fully saturated rings. The lowest BCUT2D eigenvalue weighted by Crippen LogP contribution is -2.38. The molecule has 1 saturated carbocycles. The van der Waals surface area contributed by atoms with Gasteiger partial charge in [-0.1, -0.05) is 18.9 Å². The molecular weight excluding hydrogens is 353 g/mol. The van der Waals surface area contributed by atoms with Crippen molar-refractivity contribution in [1.82, 2.24) is 14.8 Å². The maximum absolute atomic E-state index is 13.2. The summed E-state index contributed by atoms with van der Waals surface area (Å²) in [5.74, 6) is 0.0366. The normalized spacial score (nSPS) is 21.6. The second-order valence-electron chi connectivity index (χ2n) is 8.08. The van der Waals surface area contributed by atoms with Crippen LogP contribution in [-0.2, 0) is 6.42 Å². The molecule has 2 heterocycles. The number of rotatable bonds is 4. The Labute approximate surface area is 166 Å². The molecule has 1 aromatic carbocycles. The Bertz CT molecular complexity index is 774. The summed E-state index contributed by atoms with van der Waals surface area (Å²) in [5.41, 5.74) is 1.64. The van der Waals surface area contributed by atoms with Crippen molar-refractivity contribution in [1.29, 1.82) is 0 Å². The number of hydrogen-bond acceptors (Lipinski definition) is 3. The third-order valence-corrected chi connectivity index (χ3v) is 6.07. The van der Waals surface area contributed by atoms with Gasteiger partial charge in [-0.05, 0) is 61.6 Å². The van der Waals surface area contributed by atoms with Gasteiger partial charge in [0.1, 0.15) is 5.82 Å². The van der Waals surface area contributed by atoms with Gasteiger partial charge < -0.3 is 4.90 Å². The summed E-state index contributed by atoms with van der Waals surface area (Å²) in [6.07, 6.45) is 7.86. The van der Waals surface area contributed by atoms with Gasteiger partial charge in [0.2, 0.25) is 0 Å². The minimum atomic E-state index is -0.312. The first-order valence-electron chi connectivity index (χ1n) is 10.4. The molecule has 1 unspecified atom stereocenters. The number of aromatic nitrogens is 1. The molecule has 4 nitrogen and oxygen atoms in total. The van der Waals surface area contributed by atoms with Crippen molar-refractivity contribution in [2.24, 2.45) is 5.92 Å². The maximum atomic E-state index is 13.2. The third kappa shape index (κ3) is 4.58. The van der Waals surface area contributed by atoms with E-state index in [1.165, 1.54) is 37.8 Å². The first-order valence-corrected chi connectivity index (χ1v) is 10.4. The van der Waals surface area contributed by atoms with Gasteiger partial charge in [0.05, 0.1) is 0 Å². The molecule has 148 valence electrons. The van der Waals surface area contributed by atoms with E-state index in [-0.39, 0.29) is 11.7 Å². The molecule has 0 spiro atoms. The van der Waals surface area contributed by atoms with Gasteiger partial charge in [-0.2, -0.15) is 0 Å². The highest BCUT2D eigenvalue weighted by molar-refractivity contribution is 5.94. The van der Waals surface area contributed by atoms with Gasteiger partial charge >= 0.3 is 0 Å². The van der Waals surface area contributed by atoms with Crippen LogP contribution in [0.1, 0.15) is 41.7 Å². The molecule has 4 rings (SSSR count). The first kappa shape index (κ1) is 19.1. The van der Waals surface area contributed by atoms with Crippen LogP contribution in [0.4, 0.5) is 4.39 Å². The second kappa shape index (κ2) is 8.82. The molecule has 1 saturated heterocycles. The third-order valence-electron chi connectivity index (χ3n) is 6.07. The standard InChI is InChI=1S/C23H28FN3O/c24-20-10-8-19(9-11-20)23(28)27-14-13-26(22-6-1-2-7-22)16-18(17-27)15-21-5-3-4-12-25-21/h3-5,8-12,18,22H,1-2,6-7,13-17H2. The Morgan fingerprint density at radius 2 is 1.82 bits per heavy atom. The lowest BCUT2D eigenvalue weighted by Gasteiger charge is -2.29. The van der Waals surface area contributed by atoms with E-state index in [9.17, 15) is 9.18 Å². The molecule has 1 amide bonds. The number of halogens is 1. The fourth-order valence-corrected chi connectivity index (χ4v) is 4.64. The molecule has 0 N–H and O–H groups in total. The van der Waals surface area contributed by atoms with Crippen LogP contribution in [0.5, 0.6) is 0 Å². The molecule has 28 heavy (non-hydrogen) atoms. The summed E-state index contributed by atoms with van der Waals surface area (Å²) in [4.78, 5) is 22.1. The van der Waals surface area contributed by atoms with Crippen molar-refractivity contribution in [2.45, 2.75) is 38.1 Å². The molecule has 1 aromatic heterocycles. The topological polar surface area (TPSA) is 36.4 Å². The smallest absolute Gasteiger partial charge is 0.253 e. The maximum Gasteiger partial charge on any atom is 0.253 e. The first-order chi connectivity index (χ1) is 13.7. The van der Waals surface area contributed by atoms with Crippen LogP contribution in [0.15, 0.2) is 48.7 Å². The molecule has 2 aromatic rings. The summed E-state index contributed by atoms with van der Waals surface area (Å²) in [6.45, 7) is 3.37. The van der Waals surface area contributed by atoms with Crippen LogP contribution in [0.2, 0.25) is 0 Å². The minimum Gasteiger partial charge on any atom is -0.337 e. The lowest BCUT2D eigenvalue weighted by molar-refractivity contribution is 0.0744. The largest absolute Gasteiger partial charge is 0.337 e. The number of carbonyl (C=O) groups excluding carboxylic acids is 1. The van der Waals surface area contributed by atoms with Crippen LogP contribution >= 0.6 is 0 Å². The molecule has 0 bridgehead atoms. The van der Waals surface area contributed by atoms with Crippen molar-refractivity contribution < 1.29 is 9.18 Å². The molecule has 5 heteroatoms. The molecule has 1 aliphatic heterocycles. The zero-order valence-corrected chi connectivity index (χ0v) is 16.3. The van der Waals surface area contributed by atoms with Gasteiger partial charge in [0.25, 0.3) is 5.91 Å². The van der Waals surface area contributed by atoms with Gasteiger partial charge in [-0.3, -0.25) is 14.7 Å². The second-order valence-corrected chi connectivity index (χ2v) is 8.08. The van der Waals surface area contributed by atoms with E-state index in [0.29, 0.717) is 17.5 Å². The molecule has 1 aliphatic carbocycles. The van der Waals surface area contributed by atoms with E-state index in [2.05, 4.69) is 16.0 Å². The van der Waals surface area contributed by atoms with Crippen LogP contribution < -0.4 is 0 Å². The van der Waals surface area contributed by atoms with Gasteiger partial charge in [0.15, 0.2) is 0 Å². The van der Waals surface area contributed by atoms with Crippen LogP contribution in [0, 0.1) is 11.7 Å². The summed E-state index contributed by atoms with van der Waals surface area (Å²) >= 11 is 0. The van der Waals surface area contributed by atoms with Crippen molar-refractivity contribution >= 4 is 5.91 Å². The van der Waals surface area contributed by atoms with Crippen LogP contribution in [0.25, 0.3) is 0 Å². The quantitative estimate of drug-likeness (QED) is 0.809. The number of benzene rings is 1. The zero-order chi connectivity index (χ0) is 19.3. The Kier molecular flexibility index (Phi) is 6.01. The van der Waals surface area contributed by atoms with Gasteiger partial charge in [-0.25, -0.2) is 4.39 Å². The Balaban J connectivity index is 1.52. The SMILES string of the molecule is O=C(c1ccc(F)cc1)N1CCN(C2CCCC2)CC(Cc2ccccn2)C1. The Morgan fingerprint density at radius 3 is 2.54 bits per heavy atom. The minimum absolute atomic E-state index is 0.000655. The summed E-state index contributed by atoms with van der Waals surface area (Å²) in [6, 6.07) is 12.6. The Morgan fingerprint density at radius 1 is 1.04 bits per heavy atom. The van der Waals surface area contributed by atoms with E-state index >= 15 is 0 Å². The van der Waals surface area contributed by atoms with E-state index in [4.69, 9.17) is 0 Å². The number of carbonyl (C=O) groups is 1. The average molecular weight is 381 g/mol. The van der Waals surface area contributed by atoms with Gasteiger partial charge in [0, 0.05) is 49.7 Å².